The van der Waals surface area contributed by atoms with E-state index in [1.807, 2.05) is 0 Å². The zero-order valence-electron chi connectivity index (χ0n) is 14.1. The molecule has 1 atom stereocenters. The lowest BCUT2D eigenvalue weighted by molar-refractivity contribution is -0.121. The van der Waals surface area contributed by atoms with Gasteiger partial charge in [0.15, 0.2) is 5.13 Å². The lowest BCUT2D eigenvalue weighted by Crippen LogP contribution is -2.28. The number of carbonyl (C=O) groups excluding carboxylic acids is 2. The molecule has 2 amide bonds. The fourth-order valence-electron chi connectivity index (χ4n) is 2.08. The number of hydrogen-bond donors (Lipinski definition) is 2. The van der Waals surface area contributed by atoms with E-state index in [1.54, 1.807) is 26.2 Å². The Balaban J connectivity index is 1.94. The molecule has 0 spiro atoms. The van der Waals surface area contributed by atoms with E-state index in [2.05, 4.69) is 15.6 Å². The zero-order valence-corrected chi connectivity index (χ0v) is 14.9. The van der Waals surface area contributed by atoms with Gasteiger partial charge in [0.1, 0.15) is 11.6 Å². The third-order valence-electron chi connectivity index (χ3n) is 3.45. The van der Waals surface area contributed by atoms with Crippen molar-refractivity contribution in [2.24, 2.45) is 5.92 Å². The Morgan fingerprint density at radius 3 is 2.60 bits per heavy atom. The van der Waals surface area contributed by atoms with E-state index in [9.17, 15) is 18.4 Å². The van der Waals surface area contributed by atoms with Crippen LogP contribution in [0.15, 0.2) is 23.6 Å². The van der Waals surface area contributed by atoms with Crippen LogP contribution in [0.25, 0.3) is 0 Å². The van der Waals surface area contributed by atoms with Crippen molar-refractivity contribution in [1.82, 2.24) is 10.3 Å². The number of anilines is 1. The molecule has 1 heterocycles. The molecule has 5 nitrogen and oxygen atoms in total. The molecule has 25 heavy (non-hydrogen) atoms. The van der Waals surface area contributed by atoms with Crippen LogP contribution in [0.4, 0.5) is 13.9 Å². The Morgan fingerprint density at radius 2 is 1.96 bits per heavy atom. The van der Waals surface area contributed by atoms with Crippen LogP contribution in [0.5, 0.6) is 0 Å². The van der Waals surface area contributed by atoms with Gasteiger partial charge in [0.2, 0.25) is 11.8 Å². The second kappa shape index (κ2) is 8.15. The number of hydrogen-bond acceptors (Lipinski definition) is 4. The highest BCUT2D eigenvalue weighted by molar-refractivity contribution is 7.13. The maximum atomic E-state index is 13.7. The molecule has 2 N–H and O–H groups in total. The van der Waals surface area contributed by atoms with E-state index < -0.39 is 17.7 Å². The average molecular weight is 367 g/mol. The highest BCUT2D eigenvalue weighted by Gasteiger charge is 2.16. The second-order valence-corrected chi connectivity index (χ2v) is 6.78. The molecule has 0 aliphatic carbocycles. The summed E-state index contributed by atoms with van der Waals surface area (Å²) in [5, 5.41) is 7.42. The smallest absolute Gasteiger partial charge is 0.228 e. The topological polar surface area (TPSA) is 71.1 Å². The monoisotopic (exact) mass is 367 g/mol. The summed E-state index contributed by atoms with van der Waals surface area (Å²) < 4.78 is 26.7. The third-order valence-corrected chi connectivity index (χ3v) is 4.26. The van der Waals surface area contributed by atoms with Gasteiger partial charge in [0, 0.05) is 22.9 Å². The number of amides is 2. The van der Waals surface area contributed by atoms with Crippen molar-refractivity contribution in [3.8, 4) is 0 Å². The first kappa shape index (κ1) is 19.0. The van der Waals surface area contributed by atoms with Crippen molar-refractivity contribution in [3.05, 3.63) is 46.5 Å². The van der Waals surface area contributed by atoms with Crippen LogP contribution in [0.2, 0.25) is 0 Å². The largest absolute Gasteiger partial charge is 0.349 e. The molecule has 1 aromatic heterocycles. The summed E-state index contributed by atoms with van der Waals surface area (Å²) >= 11 is 1.23. The Morgan fingerprint density at radius 1 is 1.24 bits per heavy atom. The quantitative estimate of drug-likeness (QED) is 0.822. The Bertz CT molecular complexity index is 777. The lowest BCUT2D eigenvalue weighted by Gasteiger charge is -2.14. The molecule has 0 saturated carbocycles. The summed E-state index contributed by atoms with van der Waals surface area (Å²) in [6.07, 6.45) is 0.00119. The molecule has 2 aromatic rings. The van der Waals surface area contributed by atoms with Crippen molar-refractivity contribution in [2.75, 3.05) is 5.32 Å². The van der Waals surface area contributed by atoms with Crippen LogP contribution >= 0.6 is 11.3 Å². The summed E-state index contributed by atoms with van der Waals surface area (Å²) in [6.45, 7) is 5.16. The SMILES string of the molecule is CC(C)C(=O)Nc1nc(CC(=O)NC(C)c2ccc(F)cc2F)cs1. The van der Waals surface area contributed by atoms with E-state index in [-0.39, 0.29) is 29.7 Å². The minimum Gasteiger partial charge on any atom is -0.349 e. The summed E-state index contributed by atoms with van der Waals surface area (Å²) in [5.74, 6) is -2.03. The summed E-state index contributed by atoms with van der Waals surface area (Å²) in [4.78, 5) is 27.9. The standard InChI is InChI=1S/C17H19F2N3O2S/c1-9(2)16(24)22-17-21-12(8-25-17)7-15(23)20-10(3)13-5-4-11(18)6-14(13)19/h4-6,8-10H,7H2,1-3H3,(H,20,23)(H,21,22,24). The molecule has 134 valence electrons. The van der Waals surface area contributed by atoms with Gasteiger partial charge in [0.25, 0.3) is 0 Å². The van der Waals surface area contributed by atoms with Crippen LogP contribution in [0.3, 0.4) is 0 Å². The van der Waals surface area contributed by atoms with E-state index in [1.165, 1.54) is 17.4 Å². The van der Waals surface area contributed by atoms with Gasteiger partial charge in [-0.05, 0) is 13.0 Å². The van der Waals surface area contributed by atoms with E-state index in [4.69, 9.17) is 0 Å². The number of thiazole rings is 1. The van der Waals surface area contributed by atoms with Gasteiger partial charge < -0.3 is 10.6 Å². The minimum atomic E-state index is -0.708. The molecule has 1 unspecified atom stereocenters. The Kier molecular flexibility index (Phi) is 6.19. The minimum absolute atomic E-state index is 0.00119. The van der Waals surface area contributed by atoms with Crippen molar-refractivity contribution >= 4 is 28.3 Å². The summed E-state index contributed by atoms with van der Waals surface area (Å²) in [7, 11) is 0. The van der Waals surface area contributed by atoms with Crippen molar-refractivity contribution in [2.45, 2.75) is 33.2 Å². The first-order valence-corrected chi connectivity index (χ1v) is 8.63. The van der Waals surface area contributed by atoms with Gasteiger partial charge in [-0.1, -0.05) is 19.9 Å². The molecular weight excluding hydrogens is 348 g/mol. The second-order valence-electron chi connectivity index (χ2n) is 5.92. The number of nitrogens with one attached hydrogen (secondary N) is 2. The van der Waals surface area contributed by atoms with Crippen molar-refractivity contribution in [1.29, 1.82) is 0 Å². The first-order valence-electron chi connectivity index (χ1n) is 7.76. The maximum Gasteiger partial charge on any atom is 0.228 e. The van der Waals surface area contributed by atoms with E-state index >= 15 is 0 Å². The number of halogens is 2. The average Bonchev–Trinajstić information content (AvgIpc) is 2.93. The normalized spacial score (nSPS) is 12.1. The molecule has 8 heteroatoms. The number of benzene rings is 1. The van der Waals surface area contributed by atoms with Gasteiger partial charge in [-0.25, -0.2) is 13.8 Å². The van der Waals surface area contributed by atoms with Gasteiger partial charge in [0.05, 0.1) is 18.2 Å². The van der Waals surface area contributed by atoms with Crippen molar-refractivity contribution < 1.29 is 18.4 Å². The van der Waals surface area contributed by atoms with E-state index in [0.29, 0.717) is 10.8 Å². The fourth-order valence-corrected chi connectivity index (χ4v) is 2.80. The zero-order chi connectivity index (χ0) is 18.6. The van der Waals surface area contributed by atoms with Crippen LogP contribution in [0.1, 0.15) is 38.1 Å². The third kappa shape index (κ3) is 5.32. The number of nitrogens with zero attached hydrogens (tertiary/aromatic N) is 1. The van der Waals surface area contributed by atoms with E-state index in [0.717, 1.165) is 12.1 Å². The van der Waals surface area contributed by atoms with Crippen LogP contribution in [-0.4, -0.2) is 16.8 Å². The molecule has 0 fully saturated rings. The number of aromatic nitrogens is 1. The number of carbonyl (C=O) groups is 2. The summed E-state index contributed by atoms with van der Waals surface area (Å²) in [5.41, 5.74) is 0.714. The molecule has 0 radical (unpaired) electrons. The maximum absolute atomic E-state index is 13.7. The molecular formula is C17H19F2N3O2S. The first-order chi connectivity index (χ1) is 11.8. The van der Waals surface area contributed by atoms with Gasteiger partial charge in [-0.3, -0.25) is 9.59 Å². The molecule has 0 saturated heterocycles. The van der Waals surface area contributed by atoms with Crippen LogP contribution in [0, 0.1) is 17.6 Å². The number of rotatable bonds is 6. The Hall–Kier alpha value is -2.35. The highest BCUT2D eigenvalue weighted by Crippen LogP contribution is 2.19. The predicted octanol–water partition coefficient (Wildman–Crippen LogP) is 3.44. The van der Waals surface area contributed by atoms with Gasteiger partial charge in [-0.2, -0.15) is 0 Å². The van der Waals surface area contributed by atoms with Crippen molar-refractivity contribution in [3.63, 3.8) is 0 Å². The van der Waals surface area contributed by atoms with Gasteiger partial charge >= 0.3 is 0 Å². The molecule has 2 rings (SSSR count). The van der Waals surface area contributed by atoms with Crippen LogP contribution in [-0.2, 0) is 16.0 Å². The highest BCUT2D eigenvalue weighted by atomic mass is 32.1. The molecule has 0 aliphatic rings. The predicted molar refractivity (Wildman–Crippen MR) is 92.2 cm³/mol. The Labute approximate surface area is 148 Å². The van der Waals surface area contributed by atoms with Crippen LogP contribution < -0.4 is 10.6 Å². The summed E-state index contributed by atoms with van der Waals surface area (Å²) in [6, 6.07) is 2.62. The molecule has 1 aromatic carbocycles. The lowest BCUT2D eigenvalue weighted by atomic mass is 10.1. The van der Waals surface area contributed by atoms with Gasteiger partial charge in [-0.15, -0.1) is 11.3 Å². The molecule has 0 aliphatic heterocycles. The molecule has 0 bridgehead atoms. The fraction of sp³-hybridized carbons (Fsp3) is 0.353.